The van der Waals surface area contributed by atoms with Crippen molar-refractivity contribution in [3.05, 3.63) is 0 Å². The molecule has 0 aliphatic carbocycles. The molecule has 1 unspecified atom stereocenters. The van der Waals surface area contributed by atoms with Crippen molar-refractivity contribution in [3.63, 3.8) is 0 Å². The third kappa shape index (κ3) is 9.73. The standard InChI is InChI=1S/C14H32N4O/c1-12(2)10-13(18(4)5)11-17-14(15-3)16-8-7-9-19-6/h12-13H,7-11H2,1-6H3,(H2,15,16,17). The fraction of sp³-hybridized carbons (Fsp3) is 0.929. The van der Waals surface area contributed by atoms with E-state index in [0.29, 0.717) is 12.0 Å². The summed E-state index contributed by atoms with van der Waals surface area (Å²) in [6.07, 6.45) is 2.17. The van der Waals surface area contributed by atoms with Crippen LogP contribution in [0.4, 0.5) is 0 Å². The average molecular weight is 272 g/mol. The molecule has 0 saturated carbocycles. The number of likely N-dealkylation sites (N-methyl/N-ethyl adjacent to an activating group) is 1. The summed E-state index contributed by atoms with van der Waals surface area (Å²) < 4.78 is 5.02. The molecular formula is C14H32N4O. The van der Waals surface area contributed by atoms with E-state index >= 15 is 0 Å². The zero-order valence-electron chi connectivity index (χ0n) is 13.5. The van der Waals surface area contributed by atoms with Crippen molar-refractivity contribution < 1.29 is 4.74 Å². The molecule has 0 aromatic heterocycles. The van der Waals surface area contributed by atoms with Gasteiger partial charge < -0.3 is 20.3 Å². The van der Waals surface area contributed by atoms with Gasteiger partial charge in [0, 0.05) is 39.9 Å². The van der Waals surface area contributed by atoms with E-state index in [1.165, 1.54) is 6.42 Å². The number of ether oxygens (including phenoxy) is 1. The van der Waals surface area contributed by atoms with Gasteiger partial charge in [0.1, 0.15) is 0 Å². The second kappa shape index (κ2) is 11.1. The van der Waals surface area contributed by atoms with Gasteiger partial charge in [-0.25, -0.2) is 0 Å². The summed E-state index contributed by atoms with van der Waals surface area (Å²) in [5.41, 5.74) is 0. The molecule has 5 nitrogen and oxygen atoms in total. The van der Waals surface area contributed by atoms with Crippen molar-refractivity contribution in [2.24, 2.45) is 10.9 Å². The average Bonchev–Trinajstić information content (AvgIpc) is 2.35. The first-order valence-electron chi connectivity index (χ1n) is 7.11. The Bertz CT molecular complexity index is 242. The predicted molar refractivity (Wildman–Crippen MR) is 82.8 cm³/mol. The van der Waals surface area contributed by atoms with E-state index in [0.717, 1.165) is 32.1 Å². The quantitative estimate of drug-likeness (QED) is 0.376. The van der Waals surface area contributed by atoms with E-state index in [9.17, 15) is 0 Å². The van der Waals surface area contributed by atoms with Crippen molar-refractivity contribution in [2.75, 3.05) is 47.9 Å². The van der Waals surface area contributed by atoms with Gasteiger partial charge in [-0.1, -0.05) is 13.8 Å². The highest BCUT2D eigenvalue weighted by Crippen LogP contribution is 2.07. The van der Waals surface area contributed by atoms with Gasteiger partial charge in [-0.15, -0.1) is 0 Å². The van der Waals surface area contributed by atoms with Gasteiger partial charge in [-0.3, -0.25) is 4.99 Å². The molecule has 0 fully saturated rings. The molecule has 0 amide bonds. The van der Waals surface area contributed by atoms with Crippen LogP contribution in [0.3, 0.4) is 0 Å². The molecule has 0 aromatic rings. The van der Waals surface area contributed by atoms with Crippen LogP contribution >= 0.6 is 0 Å². The van der Waals surface area contributed by atoms with Crippen molar-refractivity contribution in [3.8, 4) is 0 Å². The van der Waals surface area contributed by atoms with Crippen molar-refractivity contribution in [1.29, 1.82) is 0 Å². The van der Waals surface area contributed by atoms with E-state index in [4.69, 9.17) is 4.74 Å². The van der Waals surface area contributed by atoms with E-state index < -0.39 is 0 Å². The van der Waals surface area contributed by atoms with Crippen LogP contribution in [0, 0.1) is 5.92 Å². The Morgan fingerprint density at radius 3 is 2.42 bits per heavy atom. The molecule has 114 valence electrons. The number of aliphatic imine (C=N–C) groups is 1. The number of guanidine groups is 1. The van der Waals surface area contributed by atoms with E-state index in [2.05, 4.69) is 48.5 Å². The SMILES string of the molecule is CN=C(NCCCOC)NCC(CC(C)C)N(C)C. The van der Waals surface area contributed by atoms with Crippen LogP contribution in [0.5, 0.6) is 0 Å². The number of nitrogens with one attached hydrogen (secondary N) is 2. The maximum atomic E-state index is 5.02. The van der Waals surface area contributed by atoms with Gasteiger partial charge in [0.2, 0.25) is 0 Å². The highest BCUT2D eigenvalue weighted by atomic mass is 16.5. The summed E-state index contributed by atoms with van der Waals surface area (Å²) in [5.74, 6) is 1.57. The van der Waals surface area contributed by atoms with Crippen LogP contribution in [0.25, 0.3) is 0 Å². The first-order chi connectivity index (χ1) is 9.01. The number of hydrogen-bond donors (Lipinski definition) is 2. The van der Waals surface area contributed by atoms with E-state index in [1.54, 1.807) is 14.2 Å². The highest BCUT2D eigenvalue weighted by Gasteiger charge is 2.13. The second-order valence-corrected chi connectivity index (χ2v) is 5.47. The maximum absolute atomic E-state index is 5.02. The minimum atomic E-state index is 0.525. The van der Waals surface area contributed by atoms with Gasteiger partial charge in [0.15, 0.2) is 5.96 Å². The van der Waals surface area contributed by atoms with Gasteiger partial charge in [-0.05, 0) is 32.9 Å². The van der Waals surface area contributed by atoms with Crippen LogP contribution in [0.1, 0.15) is 26.7 Å². The minimum absolute atomic E-state index is 0.525. The minimum Gasteiger partial charge on any atom is -0.385 e. The molecule has 0 aromatic carbocycles. The summed E-state index contributed by atoms with van der Waals surface area (Å²) in [7, 11) is 7.78. The molecule has 0 heterocycles. The lowest BCUT2D eigenvalue weighted by Crippen LogP contribution is -2.45. The van der Waals surface area contributed by atoms with Crippen molar-refractivity contribution in [1.82, 2.24) is 15.5 Å². The fourth-order valence-electron chi connectivity index (χ4n) is 1.88. The molecule has 0 spiro atoms. The van der Waals surface area contributed by atoms with Crippen LogP contribution in [0.15, 0.2) is 4.99 Å². The van der Waals surface area contributed by atoms with E-state index in [1.807, 2.05) is 0 Å². The molecular weight excluding hydrogens is 240 g/mol. The Labute approximate surface area is 118 Å². The molecule has 0 rings (SSSR count). The van der Waals surface area contributed by atoms with Gasteiger partial charge >= 0.3 is 0 Å². The summed E-state index contributed by atoms with van der Waals surface area (Å²) in [5, 5.41) is 6.68. The monoisotopic (exact) mass is 272 g/mol. The van der Waals surface area contributed by atoms with Gasteiger partial charge in [-0.2, -0.15) is 0 Å². The van der Waals surface area contributed by atoms with Crippen LogP contribution < -0.4 is 10.6 Å². The Morgan fingerprint density at radius 2 is 1.95 bits per heavy atom. The number of nitrogens with zero attached hydrogens (tertiary/aromatic N) is 2. The lowest BCUT2D eigenvalue weighted by Gasteiger charge is -2.27. The smallest absolute Gasteiger partial charge is 0.191 e. The topological polar surface area (TPSA) is 48.9 Å². The summed E-state index contributed by atoms with van der Waals surface area (Å²) in [4.78, 5) is 6.50. The van der Waals surface area contributed by atoms with Crippen molar-refractivity contribution >= 4 is 5.96 Å². The summed E-state index contributed by atoms with van der Waals surface area (Å²) in [6, 6.07) is 0.525. The second-order valence-electron chi connectivity index (χ2n) is 5.47. The molecule has 0 radical (unpaired) electrons. The lowest BCUT2D eigenvalue weighted by molar-refractivity contribution is 0.195. The Morgan fingerprint density at radius 1 is 1.26 bits per heavy atom. The van der Waals surface area contributed by atoms with Gasteiger partial charge in [0.25, 0.3) is 0 Å². The van der Waals surface area contributed by atoms with Crippen LogP contribution in [-0.2, 0) is 4.74 Å². The Balaban J connectivity index is 4.02. The summed E-state index contributed by atoms with van der Waals surface area (Å²) >= 11 is 0. The maximum Gasteiger partial charge on any atom is 0.191 e. The van der Waals surface area contributed by atoms with Crippen LogP contribution in [0.2, 0.25) is 0 Å². The third-order valence-electron chi connectivity index (χ3n) is 3.02. The first-order valence-corrected chi connectivity index (χ1v) is 7.11. The third-order valence-corrected chi connectivity index (χ3v) is 3.02. The number of rotatable bonds is 9. The number of methoxy groups -OCH3 is 1. The normalized spacial score (nSPS) is 14.0. The predicted octanol–water partition coefficient (Wildman–Crippen LogP) is 1.16. The molecule has 0 bridgehead atoms. The first kappa shape index (κ1) is 18.2. The summed E-state index contributed by atoms with van der Waals surface area (Å²) in [6.45, 7) is 7.08. The molecule has 0 saturated heterocycles. The Hall–Kier alpha value is -0.810. The highest BCUT2D eigenvalue weighted by molar-refractivity contribution is 5.79. The number of hydrogen-bond acceptors (Lipinski definition) is 3. The lowest BCUT2D eigenvalue weighted by atomic mass is 10.0. The largest absolute Gasteiger partial charge is 0.385 e. The van der Waals surface area contributed by atoms with Gasteiger partial charge in [0.05, 0.1) is 0 Å². The molecule has 1 atom stereocenters. The molecule has 0 aliphatic rings. The Kier molecular flexibility index (Phi) is 10.6. The molecule has 2 N–H and O–H groups in total. The van der Waals surface area contributed by atoms with Crippen molar-refractivity contribution in [2.45, 2.75) is 32.7 Å². The van der Waals surface area contributed by atoms with E-state index in [-0.39, 0.29) is 0 Å². The zero-order chi connectivity index (χ0) is 14.7. The fourth-order valence-corrected chi connectivity index (χ4v) is 1.88. The van der Waals surface area contributed by atoms with Crippen LogP contribution in [-0.4, -0.2) is 64.9 Å². The molecule has 0 aliphatic heterocycles. The molecule has 5 heteroatoms. The zero-order valence-corrected chi connectivity index (χ0v) is 13.5. The molecule has 19 heavy (non-hydrogen) atoms.